The van der Waals surface area contributed by atoms with Crippen LogP contribution >= 0.6 is 22.6 Å². The van der Waals surface area contributed by atoms with E-state index in [4.69, 9.17) is 0 Å². The molecule has 0 fully saturated rings. The largest absolute Gasteiger partial charge is 0.390 e. The average molecular weight is 348 g/mol. The van der Waals surface area contributed by atoms with Gasteiger partial charge in [0.1, 0.15) is 0 Å². The molecule has 0 spiro atoms. The van der Waals surface area contributed by atoms with E-state index in [0.717, 1.165) is 4.57 Å². The van der Waals surface area contributed by atoms with Crippen LogP contribution < -0.4 is 11.2 Å². The van der Waals surface area contributed by atoms with E-state index in [0.29, 0.717) is 4.57 Å². The molecule has 1 aromatic heterocycles. The third-order valence-electron chi connectivity index (χ3n) is 1.91. The lowest BCUT2D eigenvalue weighted by atomic mass is 10.4. The second-order valence-corrected chi connectivity index (χ2v) is 4.35. The molecule has 90 valence electrons. The van der Waals surface area contributed by atoms with Gasteiger partial charge in [0.2, 0.25) is 0 Å². The maximum absolute atomic E-state index is 12.0. The topological polar surface area (TPSA) is 44.0 Å². The van der Waals surface area contributed by atoms with Crippen LogP contribution in [0.3, 0.4) is 0 Å². The molecule has 0 amide bonds. The maximum atomic E-state index is 12.0. The van der Waals surface area contributed by atoms with Crippen molar-refractivity contribution in [3.05, 3.63) is 30.6 Å². The molecule has 0 aliphatic rings. The second-order valence-electron chi connectivity index (χ2n) is 3.19. The zero-order chi connectivity index (χ0) is 12.5. The van der Waals surface area contributed by atoms with Crippen LogP contribution in [-0.2, 0) is 13.6 Å². The fourth-order valence-corrected chi connectivity index (χ4v) is 1.83. The number of aromatic nitrogens is 2. The Morgan fingerprint density at radius 1 is 1.38 bits per heavy atom. The zero-order valence-corrected chi connectivity index (χ0v) is 10.4. The predicted octanol–water partition coefficient (Wildman–Crippen LogP) is 1.10. The van der Waals surface area contributed by atoms with E-state index in [9.17, 15) is 22.8 Å². The Morgan fingerprint density at radius 3 is 2.44 bits per heavy atom. The fraction of sp³-hybridized carbons (Fsp3) is 0.500. The Bertz CT molecular complexity index is 469. The highest BCUT2D eigenvalue weighted by molar-refractivity contribution is 14.1. The first-order valence-electron chi connectivity index (χ1n) is 4.25. The van der Waals surface area contributed by atoms with Crippen molar-refractivity contribution in [3.8, 4) is 0 Å². The summed E-state index contributed by atoms with van der Waals surface area (Å²) in [5, 5.41) is 0. The van der Waals surface area contributed by atoms with Gasteiger partial charge in [-0.15, -0.1) is 0 Å². The summed E-state index contributed by atoms with van der Waals surface area (Å²) in [7, 11) is 1.38. The fourth-order valence-electron chi connectivity index (χ4n) is 1.12. The van der Waals surface area contributed by atoms with Crippen LogP contribution in [0.1, 0.15) is 6.42 Å². The van der Waals surface area contributed by atoms with Crippen LogP contribution in [0.5, 0.6) is 0 Å². The number of rotatable bonds is 2. The van der Waals surface area contributed by atoms with Crippen LogP contribution in [-0.4, -0.2) is 15.3 Å². The highest BCUT2D eigenvalue weighted by Crippen LogP contribution is 2.19. The number of hydrogen-bond acceptors (Lipinski definition) is 2. The van der Waals surface area contributed by atoms with Crippen molar-refractivity contribution < 1.29 is 13.2 Å². The summed E-state index contributed by atoms with van der Waals surface area (Å²) in [6.45, 7) is -0.647. The molecule has 0 saturated carbocycles. The minimum absolute atomic E-state index is 0.210. The van der Waals surface area contributed by atoms with Crippen LogP contribution in [0.25, 0.3) is 0 Å². The normalized spacial score (nSPS) is 11.8. The lowest BCUT2D eigenvalue weighted by Crippen LogP contribution is -2.40. The first-order chi connectivity index (χ1) is 7.22. The quantitative estimate of drug-likeness (QED) is 0.752. The molecule has 0 aliphatic carbocycles. The van der Waals surface area contributed by atoms with Crippen LogP contribution in [0.2, 0.25) is 0 Å². The van der Waals surface area contributed by atoms with E-state index in [1.807, 2.05) is 0 Å². The SMILES string of the molecule is Cn1cc(I)c(=O)n(CCC(F)(F)F)c1=O. The molecule has 4 nitrogen and oxygen atoms in total. The number of alkyl halides is 3. The van der Waals surface area contributed by atoms with Crippen molar-refractivity contribution in [2.24, 2.45) is 7.05 Å². The molecular weight excluding hydrogens is 340 g/mol. The van der Waals surface area contributed by atoms with Crippen molar-refractivity contribution in [1.29, 1.82) is 0 Å². The Kier molecular flexibility index (Phi) is 3.81. The summed E-state index contributed by atoms with van der Waals surface area (Å²) in [6.07, 6.45) is -4.29. The van der Waals surface area contributed by atoms with Gasteiger partial charge >= 0.3 is 11.9 Å². The van der Waals surface area contributed by atoms with Crippen LogP contribution in [0, 0.1) is 3.57 Å². The molecule has 0 saturated heterocycles. The van der Waals surface area contributed by atoms with E-state index in [2.05, 4.69) is 0 Å². The molecule has 0 aliphatic heterocycles. The van der Waals surface area contributed by atoms with E-state index in [1.54, 1.807) is 22.6 Å². The van der Waals surface area contributed by atoms with Gasteiger partial charge in [-0.3, -0.25) is 9.36 Å². The van der Waals surface area contributed by atoms with Gasteiger partial charge in [-0.25, -0.2) is 4.79 Å². The smallest absolute Gasteiger partial charge is 0.302 e. The van der Waals surface area contributed by atoms with Crippen molar-refractivity contribution in [2.45, 2.75) is 19.1 Å². The predicted molar refractivity (Wildman–Crippen MR) is 59.3 cm³/mol. The summed E-state index contributed by atoms with van der Waals surface area (Å²) >= 11 is 1.68. The molecule has 1 aromatic rings. The molecule has 16 heavy (non-hydrogen) atoms. The van der Waals surface area contributed by atoms with Gasteiger partial charge < -0.3 is 4.57 Å². The van der Waals surface area contributed by atoms with Gasteiger partial charge in [-0.2, -0.15) is 13.2 Å². The van der Waals surface area contributed by atoms with Crippen LogP contribution in [0.15, 0.2) is 15.8 Å². The summed E-state index contributed by atoms with van der Waals surface area (Å²) < 4.78 is 37.8. The molecule has 0 unspecified atom stereocenters. The Hall–Kier alpha value is -0.800. The highest BCUT2D eigenvalue weighted by atomic mass is 127. The van der Waals surface area contributed by atoms with Gasteiger partial charge in [-0.05, 0) is 22.6 Å². The number of nitrogens with zero attached hydrogens (tertiary/aromatic N) is 2. The number of hydrogen-bond donors (Lipinski definition) is 0. The van der Waals surface area contributed by atoms with Gasteiger partial charge in [-0.1, -0.05) is 0 Å². The molecule has 0 bridgehead atoms. The minimum atomic E-state index is -4.38. The Morgan fingerprint density at radius 2 is 1.94 bits per heavy atom. The molecule has 8 heteroatoms. The monoisotopic (exact) mass is 348 g/mol. The van der Waals surface area contributed by atoms with Crippen molar-refractivity contribution in [1.82, 2.24) is 9.13 Å². The zero-order valence-electron chi connectivity index (χ0n) is 8.21. The number of halogens is 4. The molecular formula is C8H8F3IN2O2. The van der Waals surface area contributed by atoms with Gasteiger partial charge in [0.15, 0.2) is 0 Å². The summed E-state index contributed by atoms with van der Waals surface area (Å²) in [6, 6.07) is 0. The third kappa shape index (κ3) is 3.09. The molecule has 0 N–H and O–H groups in total. The lowest BCUT2D eigenvalue weighted by molar-refractivity contribution is -0.137. The molecule has 1 rings (SSSR count). The highest BCUT2D eigenvalue weighted by Gasteiger charge is 2.27. The van der Waals surface area contributed by atoms with Crippen molar-refractivity contribution in [3.63, 3.8) is 0 Å². The molecule has 1 heterocycles. The molecule has 0 aromatic carbocycles. The first kappa shape index (κ1) is 13.3. The van der Waals surface area contributed by atoms with E-state index >= 15 is 0 Å². The van der Waals surface area contributed by atoms with E-state index < -0.39 is 30.4 Å². The van der Waals surface area contributed by atoms with Crippen molar-refractivity contribution >= 4 is 22.6 Å². The third-order valence-corrected chi connectivity index (χ3v) is 2.65. The Balaban J connectivity index is 3.14. The van der Waals surface area contributed by atoms with E-state index in [-0.39, 0.29) is 3.57 Å². The summed E-state index contributed by atoms with van der Waals surface area (Å²) in [4.78, 5) is 22.8. The minimum Gasteiger partial charge on any atom is -0.302 e. The molecule has 0 radical (unpaired) electrons. The standard InChI is InChI=1S/C8H8F3IN2O2/c1-13-4-5(12)6(15)14(7(13)16)3-2-8(9,10)11/h4H,2-3H2,1H3. The van der Waals surface area contributed by atoms with Gasteiger partial charge in [0.25, 0.3) is 5.56 Å². The average Bonchev–Trinajstić information content (AvgIpc) is 2.13. The van der Waals surface area contributed by atoms with Crippen molar-refractivity contribution in [2.75, 3.05) is 0 Å². The summed E-state index contributed by atoms with van der Waals surface area (Å²) in [5.74, 6) is 0. The van der Waals surface area contributed by atoms with Gasteiger partial charge in [0.05, 0.1) is 9.99 Å². The first-order valence-corrected chi connectivity index (χ1v) is 5.33. The van der Waals surface area contributed by atoms with Crippen LogP contribution in [0.4, 0.5) is 13.2 Å². The van der Waals surface area contributed by atoms with E-state index in [1.165, 1.54) is 13.2 Å². The number of aryl methyl sites for hydroxylation is 1. The second kappa shape index (κ2) is 4.60. The lowest BCUT2D eigenvalue weighted by Gasteiger charge is -2.09. The molecule has 0 atom stereocenters. The maximum Gasteiger partial charge on any atom is 0.390 e. The van der Waals surface area contributed by atoms with Gasteiger partial charge in [0, 0.05) is 19.8 Å². The summed E-state index contributed by atoms with van der Waals surface area (Å²) in [5.41, 5.74) is -1.43. The Labute approximate surface area is 102 Å².